The summed E-state index contributed by atoms with van der Waals surface area (Å²) in [5.41, 5.74) is 2.33. The molecule has 32 heavy (non-hydrogen) atoms. The quantitative estimate of drug-likeness (QED) is 0.274. The highest BCUT2D eigenvalue weighted by Crippen LogP contribution is 2.37. The van der Waals surface area contributed by atoms with Crippen LogP contribution in [0, 0.1) is 0 Å². The van der Waals surface area contributed by atoms with Gasteiger partial charge in [0.15, 0.2) is 0 Å². The van der Waals surface area contributed by atoms with Gasteiger partial charge in [-0.15, -0.1) is 11.3 Å². The number of rotatable bonds is 8. The number of amides is 1. The highest BCUT2D eigenvalue weighted by atomic mass is 35.5. The lowest BCUT2D eigenvalue weighted by Gasteiger charge is -2.09. The number of carbonyl (C=O) groups is 2. The van der Waals surface area contributed by atoms with Crippen molar-refractivity contribution in [3.63, 3.8) is 0 Å². The molecule has 1 heterocycles. The number of halogens is 2. The molecule has 0 spiro atoms. The molecular formula is C24H21Cl2NO4S. The molecule has 0 saturated heterocycles. The van der Waals surface area contributed by atoms with Crippen molar-refractivity contribution in [2.24, 2.45) is 0 Å². The fraction of sp³-hybridized carbons (Fsp3) is 0.167. The number of hydrogen-bond donors (Lipinski definition) is 1. The molecule has 1 aromatic heterocycles. The standard InChI is InChI=1S/C24H21Cl2NO4S/c1-3-30-16-10-8-15(9-11-16)18-14-32-23(22(18)24(29)31-4-2)27-21(28)13-12-17-19(25)6-5-7-20(17)26/h5-14H,3-4H2,1-2H3,(H,27,28). The molecule has 0 aliphatic heterocycles. The van der Waals surface area contributed by atoms with Crippen LogP contribution in [0.1, 0.15) is 29.8 Å². The van der Waals surface area contributed by atoms with Crippen molar-refractivity contribution in [3.8, 4) is 16.9 Å². The lowest BCUT2D eigenvalue weighted by molar-refractivity contribution is -0.111. The zero-order chi connectivity index (χ0) is 23.1. The highest BCUT2D eigenvalue weighted by Gasteiger charge is 2.22. The minimum absolute atomic E-state index is 0.218. The predicted molar refractivity (Wildman–Crippen MR) is 131 cm³/mol. The topological polar surface area (TPSA) is 64.6 Å². The molecule has 3 aromatic rings. The molecule has 0 atom stereocenters. The summed E-state index contributed by atoms with van der Waals surface area (Å²) in [5.74, 6) is -0.196. The van der Waals surface area contributed by atoms with E-state index in [4.69, 9.17) is 32.7 Å². The fourth-order valence-electron chi connectivity index (χ4n) is 2.95. The van der Waals surface area contributed by atoms with Crippen molar-refractivity contribution < 1.29 is 19.1 Å². The molecule has 5 nitrogen and oxygen atoms in total. The minimum atomic E-state index is -0.508. The zero-order valence-electron chi connectivity index (χ0n) is 17.5. The molecule has 0 fully saturated rings. The Kier molecular flexibility index (Phi) is 8.33. The second-order valence-electron chi connectivity index (χ2n) is 6.49. The first-order valence-electron chi connectivity index (χ1n) is 9.89. The molecule has 8 heteroatoms. The maximum atomic E-state index is 12.7. The van der Waals surface area contributed by atoms with E-state index in [1.54, 1.807) is 25.1 Å². The van der Waals surface area contributed by atoms with Crippen molar-refractivity contribution in [1.82, 2.24) is 0 Å². The Hall–Kier alpha value is -2.80. The molecule has 0 aliphatic rings. The molecule has 1 amide bonds. The van der Waals surface area contributed by atoms with E-state index >= 15 is 0 Å². The van der Waals surface area contributed by atoms with Crippen LogP contribution in [-0.2, 0) is 9.53 Å². The van der Waals surface area contributed by atoms with Gasteiger partial charge in [0, 0.05) is 32.6 Å². The van der Waals surface area contributed by atoms with Gasteiger partial charge in [0.2, 0.25) is 5.91 Å². The van der Waals surface area contributed by atoms with Gasteiger partial charge >= 0.3 is 5.97 Å². The fourth-order valence-corrected chi connectivity index (χ4v) is 4.43. The van der Waals surface area contributed by atoms with Crippen LogP contribution < -0.4 is 10.1 Å². The van der Waals surface area contributed by atoms with E-state index in [2.05, 4.69) is 5.32 Å². The van der Waals surface area contributed by atoms with E-state index in [9.17, 15) is 9.59 Å². The summed E-state index contributed by atoms with van der Waals surface area (Å²) in [6.45, 7) is 4.43. The van der Waals surface area contributed by atoms with Crippen LogP contribution in [0.25, 0.3) is 17.2 Å². The van der Waals surface area contributed by atoms with Crippen LogP contribution >= 0.6 is 34.5 Å². The predicted octanol–water partition coefficient (Wildman–Crippen LogP) is 6.95. The van der Waals surface area contributed by atoms with Gasteiger partial charge in [-0.2, -0.15) is 0 Å². The van der Waals surface area contributed by atoms with E-state index in [-0.39, 0.29) is 6.61 Å². The van der Waals surface area contributed by atoms with Gasteiger partial charge in [-0.3, -0.25) is 4.79 Å². The summed E-state index contributed by atoms with van der Waals surface area (Å²) < 4.78 is 10.7. The minimum Gasteiger partial charge on any atom is -0.494 e. The Balaban J connectivity index is 1.88. The Bertz CT molecular complexity index is 1120. The average molecular weight is 490 g/mol. The van der Waals surface area contributed by atoms with E-state index in [0.717, 1.165) is 11.3 Å². The summed E-state index contributed by atoms with van der Waals surface area (Å²) in [5, 5.41) is 5.84. The summed E-state index contributed by atoms with van der Waals surface area (Å²) in [4.78, 5) is 25.3. The zero-order valence-corrected chi connectivity index (χ0v) is 19.8. The first kappa shape index (κ1) is 23.9. The average Bonchev–Trinajstić information content (AvgIpc) is 3.18. The largest absolute Gasteiger partial charge is 0.494 e. The van der Waals surface area contributed by atoms with E-state index in [1.807, 2.05) is 36.6 Å². The van der Waals surface area contributed by atoms with E-state index in [0.29, 0.717) is 38.3 Å². The van der Waals surface area contributed by atoms with Crippen LogP contribution in [-0.4, -0.2) is 25.1 Å². The van der Waals surface area contributed by atoms with Crippen molar-refractivity contribution >= 4 is 57.5 Å². The van der Waals surface area contributed by atoms with Crippen LogP contribution in [0.15, 0.2) is 53.9 Å². The van der Waals surface area contributed by atoms with Crippen LogP contribution in [0.5, 0.6) is 5.75 Å². The molecule has 3 rings (SSSR count). The van der Waals surface area contributed by atoms with Gasteiger partial charge in [-0.05, 0) is 49.8 Å². The molecule has 2 aromatic carbocycles. The second kappa shape index (κ2) is 11.2. The van der Waals surface area contributed by atoms with Crippen molar-refractivity contribution in [2.75, 3.05) is 18.5 Å². The first-order chi connectivity index (χ1) is 15.4. The Morgan fingerprint density at radius 3 is 2.34 bits per heavy atom. The molecule has 0 radical (unpaired) electrons. The SMILES string of the molecule is CCOC(=O)c1c(-c2ccc(OCC)cc2)csc1NC(=O)C=Cc1c(Cl)cccc1Cl. The van der Waals surface area contributed by atoms with Gasteiger partial charge in [0.1, 0.15) is 16.3 Å². The van der Waals surface area contributed by atoms with Gasteiger partial charge < -0.3 is 14.8 Å². The monoisotopic (exact) mass is 489 g/mol. The van der Waals surface area contributed by atoms with Gasteiger partial charge in [-0.25, -0.2) is 4.79 Å². The highest BCUT2D eigenvalue weighted by molar-refractivity contribution is 7.15. The first-order valence-corrected chi connectivity index (χ1v) is 11.5. The molecule has 1 N–H and O–H groups in total. The normalized spacial score (nSPS) is 10.9. The van der Waals surface area contributed by atoms with Gasteiger partial charge in [0.05, 0.1) is 13.2 Å². The van der Waals surface area contributed by atoms with E-state index < -0.39 is 11.9 Å². The molecular weight excluding hydrogens is 469 g/mol. The Morgan fingerprint density at radius 2 is 1.72 bits per heavy atom. The van der Waals surface area contributed by atoms with Crippen LogP contribution in [0.4, 0.5) is 5.00 Å². The lowest BCUT2D eigenvalue weighted by atomic mass is 10.0. The van der Waals surface area contributed by atoms with Crippen LogP contribution in [0.3, 0.4) is 0 Å². The number of ether oxygens (including phenoxy) is 2. The number of esters is 1. The summed E-state index contributed by atoms with van der Waals surface area (Å²) in [7, 11) is 0. The molecule has 0 saturated carbocycles. The smallest absolute Gasteiger partial charge is 0.341 e. The summed E-state index contributed by atoms with van der Waals surface area (Å²) in [6, 6.07) is 12.5. The van der Waals surface area contributed by atoms with Crippen molar-refractivity contribution in [2.45, 2.75) is 13.8 Å². The Morgan fingerprint density at radius 1 is 1.03 bits per heavy atom. The number of anilines is 1. The molecule has 166 valence electrons. The number of thiophene rings is 1. The summed E-state index contributed by atoms with van der Waals surface area (Å²) in [6.07, 6.45) is 2.85. The third-order valence-electron chi connectivity index (χ3n) is 4.38. The number of benzene rings is 2. The second-order valence-corrected chi connectivity index (χ2v) is 8.18. The van der Waals surface area contributed by atoms with Gasteiger partial charge in [0.25, 0.3) is 0 Å². The van der Waals surface area contributed by atoms with Gasteiger partial charge in [-0.1, -0.05) is 41.4 Å². The third-order valence-corrected chi connectivity index (χ3v) is 5.94. The molecule has 0 unspecified atom stereocenters. The summed E-state index contributed by atoms with van der Waals surface area (Å²) >= 11 is 13.5. The van der Waals surface area contributed by atoms with Crippen LogP contribution in [0.2, 0.25) is 10.0 Å². The third kappa shape index (κ3) is 5.71. The van der Waals surface area contributed by atoms with Crippen molar-refractivity contribution in [1.29, 1.82) is 0 Å². The molecule has 0 bridgehead atoms. The number of carbonyl (C=O) groups excluding carboxylic acids is 2. The molecule has 0 aliphatic carbocycles. The maximum Gasteiger partial charge on any atom is 0.341 e. The number of nitrogens with one attached hydrogen (secondary N) is 1. The van der Waals surface area contributed by atoms with E-state index in [1.165, 1.54) is 23.5 Å². The van der Waals surface area contributed by atoms with Crippen molar-refractivity contribution in [3.05, 3.63) is 75.1 Å². The Labute approximate surface area is 200 Å². The maximum absolute atomic E-state index is 12.7. The number of hydrogen-bond acceptors (Lipinski definition) is 5. The lowest BCUT2D eigenvalue weighted by Crippen LogP contribution is -2.12.